The summed E-state index contributed by atoms with van der Waals surface area (Å²) in [6, 6.07) is 22.5. The molecule has 9 heteroatoms. The highest BCUT2D eigenvalue weighted by atomic mass is 32.2. The minimum absolute atomic E-state index is 0.0147. The van der Waals surface area contributed by atoms with Gasteiger partial charge in [0.2, 0.25) is 10.0 Å². The second kappa shape index (κ2) is 10.2. The van der Waals surface area contributed by atoms with Crippen LogP contribution in [-0.2, 0) is 16.4 Å². The normalized spacial score (nSPS) is 10.9. The van der Waals surface area contributed by atoms with E-state index in [4.69, 9.17) is 22.1 Å². The van der Waals surface area contributed by atoms with Gasteiger partial charge >= 0.3 is 0 Å². The molecule has 0 aliphatic carbocycles. The van der Waals surface area contributed by atoms with Crippen molar-refractivity contribution in [3.05, 3.63) is 90.0 Å². The second-order valence-corrected chi connectivity index (χ2v) is 8.56. The summed E-state index contributed by atoms with van der Waals surface area (Å²) < 4.78 is 28.3. The van der Waals surface area contributed by atoms with Crippen molar-refractivity contribution < 1.29 is 17.9 Å². The summed E-state index contributed by atoms with van der Waals surface area (Å²) in [6.07, 6.45) is 0.793. The zero-order valence-electron chi connectivity index (χ0n) is 16.4. The van der Waals surface area contributed by atoms with E-state index in [1.54, 1.807) is 24.3 Å². The Kier molecular flexibility index (Phi) is 7.35. The molecule has 0 fully saturated rings. The smallest absolute Gasteiger partial charge is 0.257 e. The monoisotopic (exact) mass is 455 g/mol. The fourth-order valence-corrected chi connectivity index (χ4v) is 3.43. The van der Waals surface area contributed by atoms with E-state index in [9.17, 15) is 13.2 Å². The fourth-order valence-electron chi connectivity index (χ4n) is 2.70. The Balaban J connectivity index is 1.49. The molecule has 0 atom stereocenters. The highest BCUT2D eigenvalue weighted by Crippen LogP contribution is 2.14. The zero-order valence-corrected chi connectivity index (χ0v) is 18.1. The minimum atomic E-state index is -3.77. The summed E-state index contributed by atoms with van der Waals surface area (Å²) in [5, 5.41) is 10.5. The van der Waals surface area contributed by atoms with Crippen molar-refractivity contribution in [1.82, 2.24) is 5.32 Å². The molecule has 0 heterocycles. The molecule has 0 saturated heterocycles. The van der Waals surface area contributed by atoms with Gasteiger partial charge in [-0.2, -0.15) is 0 Å². The molecule has 4 N–H and O–H groups in total. The van der Waals surface area contributed by atoms with E-state index in [0.29, 0.717) is 23.6 Å². The molecule has 3 aromatic carbocycles. The van der Waals surface area contributed by atoms with Crippen LogP contribution in [0, 0.1) is 0 Å². The van der Waals surface area contributed by atoms with E-state index >= 15 is 0 Å². The highest BCUT2D eigenvalue weighted by molar-refractivity contribution is 7.89. The third-order valence-electron chi connectivity index (χ3n) is 4.29. The molecule has 0 unspecified atom stereocenters. The number of rotatable bonds is 7. The summed E-state index contributed by atoms with van der Waals surface area (Å²) >= 11 is 5.14. The van der Waals surface area contributed by atoms with Crippen LogP contribution in [0.5, 0.6) is 5.75 Å². The molecule has 0 spiro atoms. The number of thiocarbonyl (C=S) groups is 1. The average molecular weight is 456 g/mol. The van der Waals surface area contributed by atoms with Gasteiger partial charge in [0.1, 0.15) is 5.75 Å². The number of carbonyl (C=O) groups is 1. The molecule has 0 saturated carbocycles. The highest BCUT2D eigenvalue weighted by Gasteiger charge is 2.10. The average Bonchev–Trinajstić information content (AvgIpc) is 2.74. The van der Waals surface area contributed by atoms with Gasteiger partial charge in [0.15, 0.2) is 5.11 Å². The first-order chi connectivity index (χ1) is 14.8. The lowest BCUT2D eigenvalue weighted by atomic mass is 10.2. The molecule has 1 amide bonds. The maximum absolute atomic E-state index is 12.4. The van der Waals surface area contributed by atoms with Crippen molar-refractivity contribution in [3.63, 3.8) is 0 Å². The maximum Gasteiger partial charge on any atom is 0.257 e. The van der Waals surface area contributed by atoms with Gasteiger partial charge in [0, 0.05) is 17.7 Å². The molecule has 0 radical (unpaired) electrons. The van der Waals surface area contributed by atoms with Crippen molar-refractivity contribution in [1.29, 1.82) is 0 Å². The van der Waals surface area contributed by atoms with Gasteiger partial charge in [0.25, 0.3) is 5.91 Å². The number of carbonyl (C=O) groups excluding carboxylic acids is 1. The number of hydrogen-bond donors (Lipinski definition) is 3. The standard InChI is InChI=1S/C22H21N3O4S2/c23-31(27,28)20-12-8-18(9-13-20)24-22(30)25-21(26)17-6-10-19(11-7-17)29-15-14-16-4-2-1-3-5-16/h1-13H,14-15H2,(H2,23,27,28)(H2,24,25,26,30). The quantitative estimate of drug-likeness (QED) is 0.472. The molecule has 0 aliphatic rings. The molecule has 31 heavy (non-hydrogen) atoms. The lowest BCUT2D eigenvalue weighted by Gasteiger charge is -2.11. The van der Waals surface area contributed by atoms with Crippen LogP contribution in [0.1, 0.15) is 15.9 Å². The number of sulfonamides is 1. The predicted molar refractivity (Wildman–Crippen MR) is 124 cm³/mol. The summed E-state index contributed by atoms with van der Waals surface area (Å²) in [4.78, 5) is 12.4. The molecule has 0 aliphatic heterocycles. The molecule has 0 aromatic heterocycles. The molecule has 0 bridgehead atoms. The number of hydrogen-bond acceptors (Lipinski definition) is 5. The summed E-state index contributed by atoms with van der Waals surface area (Å²) in [5.41, 5.74) is 2.13. The van der Waals surface area contributed by atoms with Gasteiger partial charge in [-0.1, -0.05) is 30.3 Å². The van der Waals surface area contributed by atoms with Crippen LogP contribution < -0.4 is 20.5 Å². The minimum Gasteiger partial charge on any atom is -0.493 e. The first kappa shape index (κ1) is 22.4. The van der Waals surface area contributed by atoms with E-state index in [-0.39, 0.29) is 15.9 Å². The van der Waals surface area contributed by atoms with Crippen LogP contribution in [0.2, 0.25) is 0 Å². The van der Waals surface area contributed by atoms with Crippen LogP contribution in [0.3, 0.4) is 0 Å². The van der Waals surface area contributed by atoms with Crippen molar-refractivity contribution in [2.45, 2.75) is 11.3 Å². The Hall–Kier alpha value is -3.27. The van der Waals surface area contributed by atoms with E-state index in [1.807, 2.05) is 30.3 Å². The molecule has 7 nitrogen and oxygen atoms in total. The largest absolute Gasteiger partial charge is 0.493 e. The zero-order chi connectivity index (χ0) is 22.3. The number of anilines is 1. The number of nitrogens with two attached hydrogens (primary N) is 1. The number of primary sulfonamides is 1. The predicted octanol–water partition coefficient (Wildman–Crippen LogP) is 3.08. The van der Waals surface area contributed by atoms with Crippen molar-refractivity contribution in [2.24, 2.45) is 5.14 Å². The van der Waals surface area contributed by atoms with Gasteiger partial charge < -0.3 is 10.1 Å². The first-order valence-electron chi connectivity index (χ1n) is 9.33. The third-order valence-corrected chi connectivity index (χ3v) is 5.42. The first-order valence-corrected chi connectivity index (χ1v) is 11.3. The lowest BCUT2D eigenvalue weighted by Crippen LogP contribution is -2.34. The van der Waals surface area contributed by atoms with E-state index in [1.165, 1.54) is 29.8 Å². The van der Waals surface area contributed by atoms with Crippen LogP contribution in [0.25, 0.3) is 0 Å². The van der Waals surface area contributed by atoms with Crippen molar-refractivity contribution in [2.75, 3.05) is 11.9 Å². The van der Waals surface area contributed by atoms with Crippen LogP contribution in [0.15, 0.2) is 83.8 Å². The van der Waals surface area contributed by atoms with E-state index < -0.39 is 10.0 Å². The van der Waals surface area contributed by atoms with Gasteiger partial charge in [0.05, 0.1) is 11.5 Å². The van der Waals surface area contributed by atoms with E-state index in [2.05, 4.69) is 10.6 Å². The topological polar surface area (TPSA) is 111 Å². The Morgan fingerprint density at radius 3 is 2.19 bits per heavy atom. The maximum atomic E-state index is 12.4. The number of nitrogens with one attached hydrogen (secondary N) is 2. The SMILES string of the molecule is NS(=O)(=O)c1ccc(NC(=S)NC(=O)c2ccc(OCCc3ccccc3)cc2)cc1. The summed E-state index contributed by atoms with van der Waals surface area (Å²) in [7, 11) is -3.77. The lowest BCUT2D eigenvalue weighted by molar-refractivity contribution is 0.0977. The van der Waals surface area contributed by atoms with Crippen LogP contribution in [0.4, 0.5) is 5.69 Å². The molecular formula is C22H21N3O4S2. The number of amides is 1. The molecular weight excluding hydrogens is 434 g/mol. The second-order valence-electron chi connectivity index (χ2n) is 6.59. The van der Waals surface area contributed by atoms with Crippen LogP contribution >= 0.6 is 12.2 Å². The van der Waals surface area contributed by atoms with Gasteiger partial charge in [-0.05, 0) is 66.3 Å². The van der Waals surface area contributed by atoms with Gasteiger partial charge in [-0.3, -0.25) is 10.1 Å². The Labute approximate surface area is 186 Å². The summed E-state index contributed by atoms with van der Waals surface area (Å²) in [5.74, 6) is 0.289. The Bertz CT molecular complexity index is 1150. The molecule has 3 aromatic rings. The fraction of sp³-hybridized carbons (Fsp3) is 0.0909. The third kappa shape index (κ3) is 6.88. The number of benzene rings is 3. The van der Waals surface area contributed by atoms with Crippen LogP contribution in [-0.4, -0.2) is 26.0 Å². The van der Waals surface area contributed by atoms with E-state index in [0.717, 1.165) is 6.42 Å². The summed E-state index contributed by atoms with van der Waals surface area (Å²) in [6.45, 7) is 0.536. The molecule has 160 valence electrons. The Morgan fingerprint density at radius 1 is 0.935 bits per heavy atom. The van der Waals surface area contributed by atoms with Gasteiger partial charge in [-0.15, -0.1) is 0 Å². The van der Waals surface area contributed by atoms with Crippen molar-refractivity contribution in [3.8, 4) is 5.75 Å². The number of ether oxygens (including phenoxy) is 1. The molecule has 3 rings (SSSR count). The Morgan fingerprint density at radius 2 is 1.58 bits per heavy atom. The van der Waals surface area contributed by atoms with Gasteiger partial charge in [-0.25, -0.2) is 13.6 Å². The van der Waals surface area contributed by atoms with Crippen molar-refractivity contribution >= 4 is 38.9 Å².